The van der Waals surface area contributed by atoms with Crippen LogP contribution in [0.4, 0.5) is 8.78 Å². The molecule has 0 spiro atoms. The lowest BCUT2D eigenvalue weighted by Gasteiger charge is -2.23. The molecule has 0 aromatic heterocycles. The van der Waals surface area contributed by atoms with E-state index in [2.05, 4.69) is 0 Å². The third-order valence-corrected chi connectivity index (χ3v) is 2.44. The molecule has 0 bridgehead atoms. The van der Waals surface area contributed by atoms with Crippen LogP contribution in [0.25, 0.3) is 0 Å². The lowest BCUT2D eigenvalue weighted by Crippen LogP contribution is -2.21. The summed E-state index contributed by atoms with van der Waals surface area (Å²) in [5, 5.41) is 0. The fourth-order valence-corrected chi connectivity index (χ4v) is 1.39. The quantitative estimate of drug-likeness (QED) is 0.744. The van der Waals surface area contributed by atoms with Gasteiger partial charge in [-0.15, -0.1) is 0 Å². The number of benzene rings is 1. The molecule has 0 fully saturated rings. The molecule has 3 heteroatoms. The number of alkyl halides is 2. The smallest absolute Gasteiger partial charge is 0.279 e. The van der Waals surface area contributed by atoms with Crippen molar-refractivity contribution in [2.24, 2.45) is 5.92 Å². The van der Waals surface area contributed by atoms with Crippen LogP contribution in [0.1, 0.15) is 25.0 Å². The lowest BCUT2D eigenvalue weighted by atomic mass is 9.95. The molecule has 0 N–H and O–H groups in total. The van der Waals surface area contributed by atoms with Crippen molar-refractivity contribution in [2.45, 2.75) is 26.7 Å². The molecule has 1 nitrogen and oxygen atoms in total. The van der Waals surface area contributed by atoms with E-state index in [4.69, 9.17) is 4.74 Å². The van der Waals surface area contributed by atoms with E-state index in [9.17, 15) is 8.78 Å². The van der Waals surface area contributed by atoms with Crippen molar-refractivity contribution in [3.63, 3.8) is 0 Å². The minimum Gasteiger partial charge on any atom is -0.496 e. The van der Waals surface area contributed by atoms with Crippen LogP contribution in [-0.2, 0) is 5.92 Å². The first-order chi connectivity index (χ1) is 6.89. The highest BCUT2D eigenvalue weighted by atomic mass is 19.3. The summed E-state index contributed by atoms with van der Waals surface area (Å²) < 4.78 is 32.6. The fraction of sp³-hybridized carbons (Fsp3) is 0.500. The third-order valence-electron chi connectivity index (χ3n) is 2.44. The van der Waals surface area contributed by atoms with Crippen molar-refractivity contribution in [1.82, 2.24) is 0 Å². The highest BCUT2D eigenvalue weighted by molar-refractivity contribution is 5.40. The van der Waals surface area contributed by atoms with Crippen LogP contribution in [0.15, 0.2) is 18.2 Å². The van der Waals surface area contributed by atoms with Crippen molar-refractivity contribution in [2.75, 3.05) is 7.11 Å². The number of hydrogen-bond donors (Lipinski definition) is 0. The molecule has 15 heavy (non-hydrogen) atoms. The highest BCUT2D eigenvalue weighted by Gasteiger charge is 2.38. The summed E-state index contributed by atoms with van der Waals surface area (Å²) in [6.45, 7) is 4.79. The zero-order valence-corrected chi connectivity index (χ0v) is 9.47. The Bertz CT molecular complexity index is 345. The summed E-state index contributed by atoms with van der Waals surface area (Å²) in [6.07, 6.45) is 0. The summed E-state index contributed by atoms with van der Waals surface area (Å²) in [5.41, 5.74) is 0.783. The Labute approximate surface area is 89.1 Å². The first-order valence-corrected chi connectivity index (χ1v) is 4.92. The predicted octanol–water partition coefficient (Wildman–Crippen LogP) is 3.75. The molecule has 0 heterocycles. The van der Waals surface area contributed by atoms with Gasteiger partial charge in [0.2, 0.25) is 0 Å². The molecule has 0 aliphatic heterocycles. The van der Waals surface area contributed by atoms with Crippen molar-refractivity contribution in [3.8, 4) is 5.75 Å². The summed E-state index contributed by atoms with van der Waals surface area (Å²) in [7, 11) is 1.41. The van der Waals surface area contributed by atoms with Crippen molar-refractivity contribution in [1.29, 1.82) is 0 Å². The Morgan fingerprint density at radius 2 is 1.87 bits per heavy atom. The molecule has 0 radical (unpaired) electrons. The van der Waals surface area contributed by atoms with Crippen LogP contribution < -0.4 is 4.74 Å². The largest absolute Gasteiger partial charge is 0.496 e. The molecule has 1 rings (SSSR count). The Morgan fingerprint density at radius 3 is 2.33 bits per heavy atom. The van der Waals surface area contributed by atoms with Gasteiger partial charge in [0.25, 0.3) is 5.92 Å². The first-order valence-electron chi connectivity index (χ1n) is 4.92. The van der Waals surface area contributed by atoms with Gasteiger partial charge >= 0.3 is 0 Å². The first kappa shape index (κ1) is 12.0. The van der Waals surface area contributed by atoms with Gasteiger partial charge in [0.15, 0.2) is 0 Å². The second kappa shape index (κ2) is 4.17. The monoisotopic (exact) mass is 214 g/mol. The van der Waals surface area contributed by atoms with E-state index in [-0.39, 0.29) is 11.3 Å². The maximum atomic E-state index is 13.8. The molecular formula is C12H16F2O. The van der Waals surface area contributed by atoms with Crippen LogP contribution in [0.2, 0.25) is 0 Å². The number of ether oxygens (including phenoxy) is 1. The molecule has 1 aromatic carbocycles. The predicted molar refractivity (Wildman–Crippen MR) is 56.5 cm³/mol. The number of hydrogen-bond acceptors (Lipinski definition) is 1. The van der Waals surface area contributed by atoms with Gasteiger partial charge in [-0.1, -0.05) is 25.5 Å². The number of aryl methyl sites for hydroxylation is 1. The molecular weight excluding hydrogens is 198 g/mol. The second-order valence-corrected chi connectivity index (χ2v) is 3.98. The average Bonchev–Trinajstić information content (AvgIpc) is 2.17. The topological polar surface area (TPSA) is 9.23 Å². The van der Waals surface area contributed by atoms with Gasteiger partial charge in [0.1, 0.15) is 5.75 Å². The van der Waals surface area contributed by atoms with Crippen molar-refractivity contribution in [3.05, 3.63) is 29.3 Å². The zero-order valence-electron chi connectivity index (χ0n) is 9.47. The van der Waals surface area contributed by atoms with Gasteiger partial charge in [0.05, 0.1) is 12.7 Å². The number of methoxy groups -OCH3 is 1. The van der Waals surface area contributed by atoms with E-state index in [1.807, 2.05) is 0 Å². The molecule has 0 aliphatic carbocycles. The third kappa shape index (κ3) is 2.28. The summed E-state index contributed by atoms with van der Waals surface area (Å²) in [4.78, 5) is 0. The zero-order chi connectivity index (χ0) is 11.6. The van der Waals surface area contributed by atoms with E-state index in [0.717, 1.165) is 5.56 Å². The highest BCUT2D eigenvalue weighted by Crippen LogP contribution is 2.40. The summed E-state index contributed by atoms with van der Waals surface area (Å²) in [5.74, 6) is -3.34. The molecule has 1 aromatic rings. The molecule has 0 aliphatic rings. The summed E-state index contributed by atoms with van der Waals surface area (Å²) >= 11 is 0. The van der Waals surface area contributed by atoms with Crippen LogP contribution in [-0.4, -0.2) is 7.11 Å². The SMILES string of the molecule is COc1ccc(C)cc1C(F)(F)C(C)C. The molecule has 0 amide bonds. The number of rotatable bonds is 3. The lowest BCUT2D eigenvalue weighted by molar-refractivity contribution is -0.0531. The molecule has 84 valence electrons. The van der Waals surface area contributed by atoms with Crippen molar-refractivity contribution < 1.29 is 13.5 Å². The van der Waals surface area contributed by atoms with Crippen LogP contribution >= 0.6 is 0 Å². The standard InChI is InChI=1S/C12H16F2O/c1-8(2)12(13,14)10-7-9(3)5-6-11(10)15-4/h5-8H,1-4H3. The van der Waals surface area contributed by atoms with Crippen LogP contribution in [0.3, 0.4) is 0 Å². The van der Waals surface area contributed by atoms with Gasteiger partial charge < -0.3 is 4.74 Å². The van der Waals surface area contributed by atoms with E-state index in [0.29, 0.717) is 0 Å². The van der Waals surface area contributed by atoms with E-state index >= 15 is 0 Å². The van der Waals surface area contributed by atoms with Gasteiger partial charge in [-0.3, -0.25) is 0 Å². The normalized spacial score (nSPS) is 11.9. The number of halogens is 2. The van der Waals surface area contributed by atoms with Crippen LogP contribution in [0.5, 0.6) is 5.75 Å². The van der Waals surface area contributed by atoms with Gasteiger partial charge in [0, 0.05) is 5.92 Å². The Kier molecular flexibility index (Phi) is 3.32. The van der Waals surface area contributed by atoms with Crippen molar-refractivity contribution >= 4 is 0 Å². The van der Waals surface area contributed by atoms with E-state index < -0.39 is 11.8 Å². The Hall–Kier alpha value is -1.12. The minimum atomic E-state index is -2.85. The second-order valence-electron chi connectivity index (χ2n) is 3.98. The average molecular weight is 214 g/mol. The van der Waals surface area contributed by atoms with Gasteiger partial charge in [-0.25, -0.2) is 8.78 Å². The molecule has 0 atom stereocenters. The molecule has 0 unspecified atom stereocenters. The maximum Gasteiger partial charge on any atom is 0.279 e. The van der Waals surface area contributed by atoms with E-state index in [1.54, 1.807) is 19.1 Å². The molecule has 0 saturated carbocycles. The fourth-order valence-electron chi connectivity index (χ4n) is 1.39. The van der Waals surface area contributed by atoms with Gasteiger partial charge in [-0.2, -0.15) is 0 Å². The van der Waals surface area contributed by atoms with E-state index in [1.165, 1.54) is 27.0 Å². The Morgan fingerprint density at radius 1 is 1.27 bits per heavy atom. The minimum absolute atomic E-state index is 0.0278. The summed E-state index contributed by atoms with van der Waals surface area (Å²) in [6, 6.07) is 4.83. The van der Waals surface area contributed by atoms with Gasteiger partial charge in [-0.05, 0) is 19.1 Å². The van der Waals surface area contributed by atoms with Crippen LogP contribution in [0, 0.1) is 12.8 Å². The Balaban J connectivity index is 3.28. The molecule has 0 saturated heterocycles. The maximum absolute atomic E-state index is 13.8.